The minimum atomic E-state index is -0.264. The van der Waals surface area contributed by atoms with Crippen molar-refractivity contribution in [1.82, 2.24) is 0 Å². The van der Waals surface area contributed by atoms with Crippen LogP contribution in [0.5, 0.6) is 0 Å². The number of fused-ring (bicyclic) bond motifs is 2. The third-order valence-corrected chi connectivity index (χ3v) is 4.47. The first kappa shape index (κ1) is 11.7. The molecule has 0 amide bonds. The Kier molecular flexibility index (Phi) is 3.24. The van der Waals surface area contributed by atoms with E-state index in [4.69, 9.17) is 4.74 Å². The van der Waals surface area contributed by atoms with Gasteiger partial charge in [-0.2, -0.15) is 0 Å². The van der Waals surface area contributed by atoms with E-state index in [0.29, 0.717) is 18.1 Å². The van der Waals surface area contributed by atoms with Crippen LogP contribution in [0.3, 0.4) is 0 Å². The third-order valence-electron chi connectivity index (χ3n) is 3.98. The van der Waals surface area contributed by atoms with Gasteiger partial charge in [0.25, 0.3) is 0 Å². The van der Waals surface area contributed by atoms with Crippen LogP contribution in [0, 0.1) is 5.92 Å². The Morgan fingerprint density at radius 3 is 2.94 bits per heavy atom. The highest BCUT2D eigenvalue weighted by molar-refractivity contribution is 9.10. The van der Waals surface area contributed by atoms with E-state index in [0.717, 1.165) is 23.7 Å². The quantitative estimate of drug-likeness (QED) is 0.929. The molecule has 2 aliphatic rings. The zero-order chi connectivity index (χ0) is 11.8. The molecule has 2 nitrogen and oxygen atoms in total. The minimum absolute atomic E-state index is 0.264. The van der Waals surface area contributed by atoms with Crippen LogP contribution in [-0.2, 0) is 11.2 Å². The van der Waals surface area contributed by atoms with Crippen LogP contribution in [0.15, 0.2) is 28.7 Å². The smallest absolute Gasteiger partial charge is 0.0634 e. The van der Waals surface area contributed by atoms with Crippen molar-refractivity contribution < 1.29 is 9.84 Å². The van der Waals surface area contributed by atoms with E-state index in [-0.39, 0.29) is 6.10 Å². The summed E-state index contributed by atoms with van der Waals surface area (Å²) in [5, 5.41) is 10.3. The van der Waals surface area contributed by atoms with Gasteiger partial charge >= 0.3 is 0 Å². The van der Waals surface area contributed by atoms with Gasteiger partial charge in [-0.05, 0) is 43.4 Å². The van der Waals surface area contributed by atoms with Gasteiger partial charge < -0.3 is 9.84 Å². The second-order valence-electron chi connectivity index (χ2n) is 5.17. The predicted octanol–water partition coefficient (Wildman–Crippen LogP) is 2.92. The summed E-state index contributed by atoms with van der Waals surface area (Å²) in [6, 6.07) is 8.18. The average Bonchev–Trinajstić information content (AvgIpc) is 2.90. The van der Waals surface area contributed by atoms with Crippen molar-refractivity contribution in [2.24, 2.45) is 5.92 Å². The maximum atomic E-state index is 10.3. The van der Waals surface area contributed by atoms with Crippen LogP contribution in [0.2, 0.25) is 0 Å². The highest BCUT2D eigenvalue weighted by Gasteiger charge is 2.43. The number of rotatable bonds is 3. The Bertz CT molecular complexity index is 407. The van der Waals surface area contributed by atoms with E-state index < -0.39 is 0 Å². The highest BCUT2D eigenvalue weighted by Crippen LogP contribution is 2.41. The molecule has 2 fully saturated rings. The van der Waals surface area contributed by atoms with Crippen LogP contribution < -0.4 is 0 Å². The van der Waals surface area contributed by atoms with Gasteiger partial charge in [0, 0.05) is 10.4 Å². The topological polar surface area (TPSA) is 29.5 Å². The van der Waals surface area contributed by atoms with Crippen LogP contribution in [0.4, 0.5) is 0 Å². The molecule has 1 aromatic carbocycles. The fourth-order valence-corrected chi connectivity index (χ4v) is 3.59. The molecule has 2 bridgehead atoms. The van der Waals surface area contributed by atoms with Gasteiger partial charge in [-0.25, -0.2) is 0 Å². The van der Waals surface area contributed by atoms with Crippen molar-refractivity contribution in [1.29, 1.82) is 0 Å². The number of ether oxygens (including phenoxy) is 1. The zero-order valence-corrected chi connectivity index (χ0v) is 11.3. The lowest BCUT2D eigenvalue weighted by molar-refractivity contribution is 0.0432. The molecule has 0 aliphatic carbocycles. The lowest BCUT2D eigenvalue weighted by atomic mass is 9.83. The summed E-state index contributed by atoms with van der Waals surface area (Å²) in [5.41, 5.74) is 1.19. The minimum Gasteiger partial charge on any atom is -0.392 e. The van der Waals surface area contributed by atoms with Gasteiger partial charge in [-0.15, -0.1) is 0 Å². The van der Waals surface area contributed by atoms with E-state index in [9.17, 15) is 5.11 Å². The van der Waals surface area contributed by atoms with Gasteiger partial charge in [0.1, 0.15) is 0 Å². The lowest BCUT2D eigenvalue weighted by Gasteiger charge is -2.24. The van der Waals surface area contributed by atoms with E-state index in [1.165, 1.54) is 12.0 Å². The molecule has 0 saturated carbocycles. The fraction of sp³-hybridized carbons (Fsp3) is 0.571. The predicted molar refractivity (Wildman–Crippen MR) is 69.9 cm³/mol. The Labute approximate surface area is 110 Å². The summed E-state index contributed by atoms with van der Waals surface area (Å²) in [6.45, 7) is 0. The first-order valence-corrected chi connectivity index (χ1v) is 7.09. The van der Waals surface area contributed by atoms with E-state index in [1.807, 2.05) is 12.1 Å². The molecule has 4 atom stereocenters. The van der Waals surface area contributed by atoms with Gasteiger partial charge in [0.05, 0.1) is 18.3 Å². The number of hydrogen-bond donors (Lipinski definition) is 1. The maximum Gasteiger partial charge on any atom is 0.0634 e. The van der Waals surface area contributed by atoms with E-state index >= 15 is 0 Å². The van der Waals surface area contributed by atoms with Crippen molar-refractivity contribution in [2.45, 2.75) is 44.0 Å². The summed E-state index contributed by atoms with van der Waals surface area (Å²) in [6.07, 6.45) is 4.55. The van der Waals surface area contributed by atoms with Gasteiger partial charge in [-0.3, -0.25) is 0 Å². The molecule has 1 aromatic rings. The second-order valence-corrected chi connectivity index (χ2v) is 6.09. The van der Waals surface area contributed by atoms with Gasteiger partial charge in [-0.1, -0.05) is 28.1 Å². The van der Waals surface area contributed by atoms with Crippen molar-refractivity contribution in [3.8, 4) is 0 Å². The van der Waals surface area contributed by atoms with E-state index in [2.05, 4.69) is 28.1 Å². The van der Waals surface area contributed by atoms with Crippen LogP contribution in [-0.4, -0.2) is 23.4 Å². The van der Waals surface area contributed by atoms with Gasteiger partial charge in [0.2, 0.25) is 0 Å². The maximum absolute atomic E-state index is 10.3. The van der Waals surface area contributed by atoms with Crippen molar-refractivity contribution in [2.75, 3.05) is 0 Å². The number of aliphatic hydroxyl groups excluding tert-OH is 1. The number of benzene rings is 1. The average molecular weight is 297 g/mol. The first-order valence-electron chi connectivity index (χ1n) is 6.30. The molecule has 17 heavy (non-hydrogen) atoms. The van der Waals surface area contributed by atoms with Gasteiger partial charge in [0.15, 0.2) is 0 Å². The van der Waals surface area contributed by atoms with Crippen LogP contribution in [0.25, 0.3) is 0 Å². The molecule has 1 N–H and O–H groups in total. The Morgan fingerprint density at radius 1 is 1.41 bits per heavy atom. The molecule has 0 spiro atoms. The number of halogens is 1. The summed E-state index contributed by atoms with van der Waals surface area (Å²) >= 11 is 3.46. The molecule has 3 heteroatoms. The summed E-state index contributed by atoms with van der Waals surface area (Å²) in [7, 11) is 0. The highest BCUT2D eigenvalue weighted by atomic mass is 79.9. The van der Waals surface area contributed by atoms with Crippen molar-refractivity contribution >= 4 is 15.9 Å². The largest absolute Gasteiger partial charge is 0.392 e. The summed E-state index contributed by atoms with van der Waals surface area (Å²) < 4.78 is 6.87. The standard InChI is InChI=1S/C14H17BrO2/c15-10-3-1-2-9(6-10)7-13(16)12-8-11-4-5-14(12)17-11/h1-3,6,11-14,16H,4-5,7-8H2. The normalized spacial score (nSPS) is 32.9. The molecular weight excluding hydrogens is 280 g/mol. The van der Waals surface area contributed by atoms with E-state index in [1.54, 1.807) is 0 Å². The molecule has 0 radical (unpaired) electrons. The second kappa shape index (κ2) is 4.71. The third kappa shape index (κ3) is 2.42. The van der Waals surface area contributed by atoms with Crippen LogP contribution in [0.1, 0.15) is 24.8 Å². The Balaban J connectivity index is 1.65. The lowest BCUT2D eigenvalue weighted by Crippen LogP contribution is -2.30. The monoisotopic (exact) mass is 296 g/mol. The van der Waals surface area contributed by atoms with Crippen LogP contribution >= 0.6 is 15.9 Å². The Hall–Kier alpha value is -0.380. The Morgan fingerprint density at radius 2 is 2.29 bits per heavy atom. The SMILES string of the molecule is OC(Cc1cccc(Br)c1)C1CC2CCC1O2. The first-order chi connectivity index (χ1) is 8.22. The molecule has 2 heterocycles. The zero-order valence-electron chi connectivity index (χ0n) is 9.68. The van der Waals surface area contributed by atoms with Crippen molar-refractivity contribution in [3.05, 3.63) is 34.3 Å². The molecule has 4 unspecified atom stereocenters. The molecule has 3 rings (SSSR count). The summed E-state index contributed by atoms with van der Waals surface area (Å²) in [5.74, 6) is 0.340. The summed E-state index contributed by atoms with van der Waals surface area (Å²) in [4.78, 5) is 0. The molecule has 0 aromatic heterocycles. The molecule has 2 saturated heterocycles. The number of hydrogen-bond acceptors (Lipinski definition) is 2. The fourth-order valence-electron chi connectivity index (χ4n) is 3.14. The molecular formula is C14H17BrO2. The number of aliphatic hydroxyl groups is 1. The molecule has 92 valence electrons. The van der Waals surface area contributed by atoms with Crippen molar-refractivity contribution in [3.63, 3.8) is 0 Å². The molecule has 2 aliphatic heterocycles.